The summed E-state index contributed by atoms with van der Waals surface area (Å²) in [5, 5.41) is 0. The summed E-state index contributed by atoms with van der Waals surface area (Å²) in [5.74, 6) is 0.156. The predicted molar refractivity (Wildman–Crippen MR) is 119 cm³/mol. The quantitative estimate of drug-likeness (QED) is 0.271. The Labute approximate surface area is 186 Å². The summed E-state index contributed by atoms with van der Waals surface area (Å²) in [6.45, 7) is 6.56. The molecule has 7 nitrogen and oxygen atoms in total. The lowest BCUT2D eigenvalue weighted by atomic mass is 10.1. The first-order valence-corrected chi connectivity index (χ1v) is 11.5. The molecule has 0 heterocycles. The van der Waals surface area contributed by atoms with E-state index in [1.165, 1.54) is 0 Å². The second-order valence-electron chi connectivity index (χ2n) is 7.88. The molecule has 0 bridgehead atoms. The molecular weight excluding hydrogens is 398 g/mol. The van der Waals surface area contributed by atoms with Gasteiger partial charge in [-0.1, -0.05) is 20.8 Å². The van der Waals surface area contributed by atoms with E-state index in [1.807, 2.05) is 4.90 Å². The number of hydrogen-bond donors (Lipinski definition) is 0. The van der Waals surface area contributed by atoms with Gasteiger partial charge in [0.15, 0.2) is 0 Å². The van der Waals surface area contributed by atoms with Crippen molar-refractivity contribution in [2.24, 2.45) is 0 Å². The topological polar surface area (TPSA) is 106 Å². The van der Waals surface area contributed by atoms with E-state index in [2.05, 4.69) is 0 Å². The molecule has 0 aromatic rings. The third-order valence-corrected chi connectivity index (χ3v) is 5.35. The van der Waals surface area contributed by atoms with Gasteiger partial charge in [-0.25, -0.2) is 0 Å². The Bertz CT molecular complexity index is 540. The van der Waals surface area contributed by atoms with Crippen LogP contribution < -0.4 is 0 Å². The molecule has 0 aliphatic heterocycles. The number of Topliss-reactive ketones (excluding diaryl/α,β-unsaturated/α-hetero) is 6. The Balaban J connectivity index is 4.58. The van der Waals surface area contributed by atoms with Crippen molar-refractivity contribution in [1.29, 1.82) is 0 Å². The van der Waals surface area contributed by atoms with Gasteiger partial charge in [0.1, 0.15) is 34.7 Å². The van der Waals surface area contributed by atoms with Gasteiger partial charge >= 0.3 is 0 Å². The van der Waals surface area contributed by atoms with Gasteiger partial charge in [0, 0.05) is 96.7 Å². The second kappa shape index (κ2) is 17.6. The van der Waals surface area contributed by atoms with Crippen LogP contribution in [-0.2, 0) is 28.8 Å². The number of ketones is 6. The summed E-state index contributed by atoms with van der Waals surface area (Å²) in [6, 6.07) is 0. The van der Waals surface area contributed by atoms with Gasteiger partial charge in [-0.05, 0) is 0 Å². The third kappa shape index (κ3) is 16.4. The number of nitrogens with zero attached hydrogens (tertiary/aromatic N) is 1. The second-order valence-corrected chi connectivity index (χ2v) is 7.88. The minimum absolute atomic E-state index is 0.00784. The Hall–Kier alpha value is -2.02. The molecule has 0 saturated carbocycles. The van der Waals surface area contributed by atoms with Crippen LogP contribution in [0.2, 0.25) is 0 Å². The fourth-order valence-corrected chi connectivity index (χ4v) is 2.93. The van der Waals surface area contributed by atoms with Gasteiger partial charge in [-0.2, -0.15) is 0 Å². The van der Waals surface area contributed by atoms with Crippen molar-refractivity contribution in [2.75, 3.05) is 19.6 Å². The van der Waals surface area contributed by atoms with Gasteiger partial charge < -0.3 is 4.90 Å². The van der Waals surface area contributed by atoms with Crippen LogP contribution in [-0.4, -0.2) is 59.2 Å². The van der Waals surface area contributed by atoms with Crippen molar-refractivity contribution < 1.29 is 28.8 Å². The normalized spacial score (nSPS) is 10.8. The van der Waals surface area contributed by atoms with E-state index in [0.717, 1.165) is 0 Å². The van der Waals surface area contributed by atoms with Gasteiger partial charge in [0.2, 0.25) is 0 Å². The highest BCUT2D eigenvalue weighted by molar-refractivity contribution is 5.87. The lowest BCUT2D eigenvalue weighted by Crippen LogP contribution is -2.31. The molecule has 7 heteroatoms. The minimum atomic E-state index is -0.00784. The number of carbonyl (C=O) groups is 6. The summed E-state index contributed by atoms with van der Waals surface area (Å²) in [7, 11) is 0. The molecule has 0 saturated heterocycles. The maximum absolute atomic E-state index is 12.1. The standard InChI is InChI=1S/C24H39NO6/c1-4-19(26)7-10-22(29)13-16-25(17-14-23(30)11-8-20(27)5-2)18-15-24(31)12-9-21(28)6-3/h4-18H2,1-3H3. The van der Waals surface area contributed by atoms with Crippen LogP contribution in [0.5, 0.6) is 0 Å². The molecule has 176 valence electrons. The van der Waals surface area contributed by atoms with E-state index in [9.17, 15) is 28.8 Å². The summed E-state index contributed by atoms with van der Waals surface area (Å²) in [5.41, 5.74) is 0. The number of hydrogen-bond acceptors (Lipinski definition) is 7. The average Bonchev–Trinajstić information content (AvgIpc) is 2.78. The fourth-order valence-electron chi connectivity index (χ4n) is 2.93. The molecule has 0 atom stereocenters. The molecule has 0 rings (SSSR count). The lowest BCUT2D eigenvalue weighted by Gasteiger charge is -2.21. The molecule has 0 unspecified atom stereocenters. The van der Waals surface area contributed by atoms with Crippen molar-refractivity contribution in [3.05, 3.63) is 0 Å². The smallest absolute Gasteiger partial charge is 0.134 e. The van der Waals surface area contributed by atoms with E-state index in [0.29, 0.717) is 38.9 Å². The summed E-state index contributed by atoms with van der Waals surface area (Å²) in [6.07, 6.45) is 3.48. The molecule has 0 aromatic carbocycles. The molecule has 0 radical (unpaired) electrons. The van der Waals surface area contributed by atoms with E-state index in [-0.39, 0.29) is 92.5 Å². The molecule has 0 amide bonds. The molecule has 0 spiro atoms. The van der Waals surface area contributed by atoms with Crippen LogP contribution >= 0.6 is 0 Å². The van der Waals surface area contributed by atoms with Crippen molar-refractivity contribution in [3.63, 3.8) is 0 Å². The van der Waals surface area contributed by atoms with Crippen LogP contribution in [0.4, 0.5) is 0 Å². The largest absolute Gasteiger partial charge is 0.302 e. The van der Waals surface area contributed by atoms with E-state index in [4.69, 9.17) is 0 Å². The first kappa shape index (κ1) is 29.0. The number of rotatable bonds is 21. The van der Waals surface area contributed by atoms with Crippen LogP contribution in [0.3, 0.4) is 0 Å². The Morgan fingerprint density at radius 3 is 0.839 bits per heavy atom. The highest BCUT2D eigenvalue weighted by atomic mass is 16.1. The Morgan fingerprint density at radius 2 is 0.613 bits per heavy atom. The molecule has 0 fully saturated rings. The van der Waals surface area contributed by atoms with Gasteiger partial charge in [-0.15, -0.1) is 0 Å². The SMILES string of the molecule is CCC(=O)CCC(=O)CCN(CCC(=O)CCC(=O)CC)CCC(=O)CCC(=O)CC. The zero-order chi connectivity index (χ0) is 23.6. The summed E-state index contributed by atoms with van der Waals surface area (Å²) in [4.78, 5) is 72.3. The highest BCUT2D eigenvalue weighted by Gasteiger charge is 2.14. The summed E-state index contributed by atoms with van der Waals surface area (Å²) >= 11 is 0. The fraction of sp³-hybridized carbons (Fsp3) is 0.750. The van der Waals surface area contributed by atoms with E-state index < -0.39 is 0 Å². The predicted octanol–water partition coefficient (Wildman–Crippen LogP) is 3.44. The van der Waals surface area contributed by atoms with Gasteiger partial charge in [0.25, 0.3) is 0 Å². The molecule has 0 aliphatic rings. The van der Waals surface area contributed by atoms with Crippen molar-refractivity contribution >= 4 is 34.7 Å². The van der Waals surface area contributed by atoms with Crippen molar-refractivity contribution in [1.82, 2.24) is 4.90 Å². The molecule has 0 aromatic heterocycles. The molecule has 0 aliphatic carbocycles. The van der Waals surface area contributed by atoms with Crippen LogP contribution in [0.1, 0.15) is 97.8 Å². The minimum Gasteiger partial charge on any atom is -0.302 e. The van der Waals surface area contributed by atoms with Crippen molar-refractivity contribution in [3.8, 4) is 0 Å². The highest BCUT2D eigenvalue weighted by Crippen LogP contribution is 2.07. The zero-order valence-corrected chi connectivity index (χ0v) is 19.5. The van der Waals surface area contributed by atoms with Gasteiger partial charge in [0.05, 0.1) is 0 Å². The van der Waals surface area contributed by atoms with Crippen molar-refractivity contribution in [2.45, 2.75) is 97.8 Å². The maximum Gasteiger partial charge on any atom is 0.134 e. The monoisotopic (exact) mass is 437 g/mol. The van der Waals surface area contributed by atoms with Crippen LogP contribution in [0.25, 0.3) is 0 Å². The van der Waals surface area contributed by atoms with Crippen LogP contribution in [0, 0.1) is 0 Å². The zero-order valence-electron chi connectivity index (χ0n) is 19.5. The first-order valence-electron chi connectivity index (χ1n) is 11.5. The molecule has 31 heavy (non-hydrogen) atoms. The maximum atomic E-state index is 12.1. The molecular formula is C24H39NO6. The molecule has 0 N–H and O–H groups in total. The van der Waals surface area contributed by atoms with E-state index in [1.54, 1.807) is 20.8 Å². The van der Waals surface area contributed by atoms with E-state index >= 15 is 0 Å². The number of carbonyl (C=O) groups excluding carboxylic acids is 6. The third-order valence-electron chi connectivity index (χ3n) is 5.35. The lowest BCUT2D eigenvalue weighted by molar-refractivity contribution is -0.125. The Kier molecular flexibility index (Phi) is 16.5. The summed E-state index contributed by atoms with van der Waals surface area (Å²) < 4.78 is 0. The Morgan fingerprint density at radius 1 is 0.387 bits per heavy atom. The first-order chi connectivity index (χ1) is 14.7. The van der Waals surface area contributed by atoms with Crippen LogP contribution in [0.15, 0.2) is 0 Å². The average molecular weight is 438 g/mol. The van der Waals surface area contributed by atoms with Gasteiger partial charge in [-0.3, -0.25) is 28.8 Å².